The van der Waals surface area contributed by atoms with Crippen LogP contribution in [0, 0.1) is 13.8 Å². The number of carbonyl (C=O) groups is 1. The predicted octanol–water partition coefficient (Wildman–Crippen LogP) is 2.43. The predicted molar refractivity (Wildman–Crippen MR) is 114 cm³/mol. The van der Waals surface area contributed by atoms with Gasteiger partial charge < -0.3 is 10.1 Å². The van der Waals surface area contributed by atoms with Crippen molar-refractivity contribution in [3.05, 3.63) is 59.2 Å². The molecule has 2 aromatic carbocycles. The smallest absolute Gasteiger partial charge is 0.248 e. The Hall–Kier alpha value is -3.10. The van der Waals surface area contributed by atoms with Gasteiger partial charge in [0.15, 0.2) is 0 Å². The SMILES string of the molecule is Cc1ccc(NC(=O)Cn2nnc(-c3ccc(CN4CCOCC4)cc3)n2)cc1C. The summed E-state index contributed by atoms with van der Waals surface area (Å²) in [7, 11) is 0. The van der Waals surface area contributed by atoms with Crippen LogP contribution in [0.25, 0.3) is 11.4 Å². The second kappa shape index (κ2) is 9.15. The zero-order chi connectivity index (χ0) is 20.9. The molecule has 1 aliphatic heterocycles. The van der Waals surface area contributed by atoms with Gasteiger partial charge >= 0.3 is 0 Å². The summed E-state index contributed by atoms with van der Waals surface area (Å²) in [6, 6.07) is 14.0. The van der Waals surface area contributed by atoms with Gasteiger partial charge in [0.25, 0.3) is 0 Å². The van der Waals surface area contributed by atoms with Gasteiger partial charge in [0.05, 0.1) is 13.2 Å². The first kappa shape index (κ1) is 20.2. The molecule has 8 nitrogen and oxygen atoms in total. The molecule has 1 N–H and O–H groups in total. The molecule has 1 aliphatic rings. The number of anilines is 1. The lowest BCUT2D eigenvalue weighted by atomic mass is 10.1. The topological polar surface area (TPSA) is 85.2 Å². The molecule has 30 heavy (non-hydrogen) atoms. The summed E-state index contributed by atoms with van der Waals surface area (Å²) in [5.41, 5.74) is 5.19. The third kappa shape index (κ3) is 5.08. The van der Waals surface area contributed by atoms with Gasteiger partial charge in [-0.15, -0.1) is 10.2 Å². The minimum absolute atomic E-state index is 0.00897. The fraction of sp³-hybridized carbons (Fsp3) is 0.364. The highest BCUT2D eigenvalue weighted by Gasteiger charge is 2.12. The lowest BCUT2D eigenvalue weighted by Gasteiger charge is -2.26. The van der Waals surface area contributed by atoms with Crippen molar-refractivity contribution in [1.29, 1.82) is 0 Å². The summed E-state index contributed by atoms with van der Waals surface area (Å²) >= 11 is 0. The van der Waals surface area contributed by atoms with Crippen LogP contribution in [0.5, 0.6) is 0 Å². The van der Waals surface area contributed by atoms with Crippen LogP contribution in [0.4, 0.5) is 5.69 Å². The highest BCUT2D eigenvalue weighted by molar-refractivity contribution is 5.90. The number of hydrogen-bond acceptors (Lipinski definition) is 6. The Balaban J connectivity index is 1.35. The second-order valence-corrected chi connectivity index (χ2v) is 7.58. The number of morpholine rings is 1. The molecule has 3 aromatic rings. The van der Waals surface area contributed by atoms with Gasteiger partial charge in [0, 0.05) is 30.9 Å². The number of hydrogen-bond donors (Lipinski definition) is 1. The Kier molecular flexibility index (Phi) is 6.15. The minimum Gasteiger partial charge on any atom is -0.379 e. The van der Waals surface area contributed by atoms with Crippen LogP contribution >= 0.6 is 0 Å². The first-order chi connectivity index (χ1) is 14.6. The van der Waals surface area contributed by atoms with Crippen molar-refractivity contribution >= 4 is 11.6 Å². The van der Waals surface area contributed by atoms with Crippen LogP contribution < -0.4 is 5.32 Å². The molecule has 0 aliphatic carbocycles. The Morgan fingerprint density at radius 1 is 1.07 bits per heavy atom. The molecular weight excluding hydrogens is 380 g/mol. The minimum atomic E-state index is -0.192. The van der Waals surface area contributed by atoms with Gasteiger partial charge in [-0.05, 0) is 47.9 Å². The average Bonchev–Trinajstić information content (AvgIpc) is 3.20. The Bertz CT molecular complexity index is 1010. The quantitative estimate of drug-likeness (QED) is 0.677. The summed E-state index contributed by atoms with van der Waals surface area (Å²) in [5, 5.41) is 15.3. The van der Waals surface area contributed by atoms with E-state index in [1.54, 1.807) is 0 Å². The van der Waals surface area contributed by atoms with Gasteiger partial charge in [0.1, 0.15) is 6.54 Å². The summed E-state index contributed by atoms with van der Waals surface area (Å²) < 4.78 is 5.39. The summed E-state index contributed by atoms with van der Waals surface area (Å²) in [4.78, 5) is 16.0. The molecule has 0 saturated carbocycles. The van der Waals surface area contributed by atoms with Gasteiger partial charge in [-0.3, -0.25) is 9.69 Å². The van der Waals surface area contributed by atoms with Gasteiger partial charge in [0.2, 0.25) is 11.7 Å². The summed E-state index contributed by atoms with van der Waals surface area (Å²) in [6.45, 7) is 8.48. The van der Waals surface area contributed by atoms with Crippen LogP contribution in [0.2, 0.25) is 0 Å². The number of tetrazole rings is 1. The molecule has 0 bridgehead atoms. The molecule has 156 valence electrons. The highest BCUT2D eigenvalue weighted by Crippen LogP contribution is 2.17. The van der Waals surface area contributed by atoms with Crippen molar-refractivity contribution in [2.45, 2.75) is 26.9 Å². The van der Waals surface area contributed by atoms with Crippen molar-refractivity contribution in [2.24, 2.45) is 0 Å². The van der Waals surface area contributed by atoms with Gasteiger partial charge in [-0.25, -0.2) is 0 Å². The standard InChI is InChI=1S/C22H26N6O2/c1-16-3-8-20(13-17(16)2)23-21(29)15-28-25-22(24-26-28)19-6-4-18(5-7-19)14-27-9-11-30-12-10-27/h3-8,13H,9-12,14-15H2,1-2H3,(H,23,29). The monoisotopic (exact) mass is 406 g/mol. The Morgan fingerprint density at radius 3 is 2.57 bits per heavy atom. The van der Waals surface area contributed by atoms with Crippen LogP contribution in [-0.4, -0.2) is 57.3 Å². The third-order valence-electron chi connectivity index (χ3n) is 5.25. The Morgan fingerprint density at radius 2 is 1.83 bits per heavy atom. The van der Waals surface area contributed by atoms with E-state index in [1.165, 1.54) is 15.9 Å². The molecule has 2 heterocycles. The van der Waals surface area contributed by atoms with Crippen LogP contribution in [-0.2, 0) is 22.6 Å². The van der Waals surface area contributed by atoms with Crippen LogP contribution in [0.15, 0.2) is 42.5 Å². The van der Waals surface area contributed by atoms with E-state index >= 15 is 0 Å². The van der Waals surface area contributed by atoms with E-state index in [0.29, 0.717) is 5.82 Å². The molecule has 1 amide bonds. The molecule has 1 saturated heterocycles. The number of aryl methyl sites for hydroxylation is 2. The van der Waals surface area contributed by atoms with Crippen molar-refractivity contribution < 1.29 is 9.53 Å². The number of amides is 1. The molecule has 0 spiro atoms. The van der Waals surface area contributed by atoms with E-state index in [2.05, 4.69) is 37.8 Å². The molecule has 8 heteroatoms. The maximum Gasteiger partial charge on any atom is 0.248 e. The highest BCUT2D eigenvalue weighted by atomic mass is 16.5. The van der Waals surface area contributed by atoms with Crippen LogP contribution in [0.3, 0.4) is 0 Å². The molecule has 1 fully saturated rings. The molecule has 0 atom stereocenters. The average molecular weight is 406 g/mol. The van der Waals surface area contributed by atoms with Gasteiger partial charge in [-0.1, -0.05) is 30.3 Å². The second-order valence-electron chi connectivity index (χ2n) is 7.58. The molecule has 0 unspecified atom stereocenters. The summed E-state index contributed by atoms with van der Waals surface area (Å²) in [5.74, 6) is 0.315. The molecule has 1 aromatic heterocycles. The first-order valence-corrected chi connectivity index (χ1v) is 10.1. The largest absolute Gasteiger partial charge is 0.379 e. The van der Waals surface area contributed by atoms with E-state index in [1.807, 2.05) is 44.2 Å². The number of ether oxygens (including phenoxy) is 1. The number of nitrogens with zero attached hydrogens (tertiary/aromatic N) is 5. The number of benzene rings is 2. The molecule has 4 rings (SSSR count). The van der Waals surface area contributed by atoms with Crippen molar-refractivity contribution in [3.8, 4) is 11.4 Å². The third-order valence-corrected chi connectivity index (χ3v) is 5.25. The fourth-order valence-corrected chi connectivity index (χ4v) is 3.35. The fourth-order valence-electron chi connectivity index (χ4n) is 3.35. The van der Waals surface area contributed by atoms with E-state index in [-0.39, 0.29) is 12.5 Å². The normalized spacial score (nSPS) is 14.6. The van der Waals surface area contributed by atoms with Crippen LogP contribution in [0.1, 0.15) is 16.7 Å². The van der Waals surface area contributed by atoms with E-state index < -0.39 is 0 Å². The molecular formula is C22H26N6O2. The zero-order valence-electron chi connectivity index (χ0n) is 17.3. The van der Waals surface area contributed by atoms with Crippen molar-refractivity contribution in [1.82, 2.24) is 25.1 Å². The molecule has 0 radical (unpaired) electrons. The lowest BCUT2D eigenvalue weighted by Crippen LogP contribution is -2.35. The van der Waals surface area contributed by atoms with E-state index in [0.717, 1.165) is 49.7 Å². The number of aromatic nitrogens is 4. The maximum absolute atomic E-state index is 12.3. The van der Waals surface area contributed by atoms with Gasteiger partial charge in [-0.2, -0.15) is 4.80 Å². The first-order valence-electron chi connectivity index (χ1n) is 10.1. The number of nitrogens with one attached hydrogen (secondary N) is 1. The van der Waals surface area contributed by atoms with Crippen molar-refractivity contribution in [3.63, 3.8) is 0 Å². The zero-order valence-corrected chi connectivity index (χ0v) is 17.3. The lowest BCUT2D eigenvalue weighted by molar-refractivity contribution is -0.117. The van der Waals surface area contributed by atoms with E-state index in [9.17, 15) is 4.79 Å². The van der Waals surface area contributed by atoms with E-state index in [4.69, 9.17) is 4.74 Å². The number of carbonyl (C=O) groups excluding carboxylic acids is 1. The summed E-state index contributed by atoms with van der Waals surface area (Å²) in [6.07, 6.45) is 0. The van der Waals surface area contributed by atoms with Crippen molar-refractivity contribution in [2.75, 3.05) is 31.6 Å². The maximum atomic E-state index is 12.3. The number of rotatable bonds is 6. The Labute approximate surface area is 175 Å².